The molecule has 2 aliphatic carbocycles. The lowest BCUT2D eigenvalue weighted by molar-refractivity contribution is 0.210. The zero-order valence-electron chi connectivity index (χ0n) is 12.6. The van der Waals surface area contributed by atoms with Crippen molar-refractivity contribution in [2.24, 2.45) is 17.8 Å². The van der Waals surface area contributed by atoms with Crippen LogP contribution < -0.4 is 0 Å². The Morgan fingerprint density at radius 3 is 2.28 bits per heavy atom. The fourth-order valence-electron chi connectivity index (χ4n) is 3.25. The molecule has 0 aromatic carbocycles. The summed E-state index contributed by atoms with van der Waals surface area (Å²) in [5.41, 5.74) is 0. The topological polar surface area (TPSA) is 9.23 Å². The molecule has 2 unspecified atom stereocenters. The molecular weight excluding hydrogens is 236 g/mol. The second kappa shape index (κ2) is 4.69. The van der Waals surface area contributed by atoms with Gasteiger partial charge in [0.25, 0.3) is 0 Å². The first-order chi connectivity index (χ1) is 8.26. The molecule has 0 N–H and O–H groups in total. The Hall–Kier alpha value is -0.263. The lowest BCUT2D eigenvalue weighted by atomic mass is 10.1. The molecule has 0 aromatic rings. The molecule has 3 atom stereocenters. The SMILES string of the molecule is C#C[C@H](CC1C2CCCC21)O[Si](C)(C)C(C)(C)C. The smallest absolute Gasteiger partial charge is 0.193 e. The molecule has 0 heterocycles. The quantitative estimate of drug-likeness (QED) is 0.538. The average Bonchev–Trinajstić information content (AvgIpc) is 2.72. The molecule has 0 spiro atoms. The van der Waals surface area contributed by atoms with Crippen molar-refractivity contribution < 1.29 is 4.43 Å². The maximum atomic E-state index is 6.37. The minimum atomic E-state index is -1.71. The van der Waals surface area contributed by atoms with Gasteiger partial charge in [-0.15, -0.1) is 6.42 Å². The van der Waals surface area contributed by atoms with Gasteiger partial charge in [0.1, 0.15) is 6.10 Å². The summed E-state index contributed by atoms with van der Waals surface area (Å²) >= 11 is 0. The summed E-state index contributed by atoms with van der Waals surface area (Å²) in [4.78, 5) is 0. The van der Waals surface area contributed by atoms with Gasteiger partial charge in [-0.25, -0.2) is 0 Å². The number of terminal acetylenes is 1. The molecule has 2 heteroatoms. The van der Waals surface area contributed by atoms with Crippen LogP contribution in [-0.2, 0) is 4.43 Å². The molecule has 0 saturated heterocycles. The standard InChI is InChI=1S/C16H28OSi/c1-7-12(17-18(5,6)16(2,3)4)11-15-13-9-8-10-14(13)15/h1,12-15H,8-11H2,2-6H3/t12-,13?,14?,15?/m1/s1. The number of rotatable bonds is 4. The van der Waals surface area contributed by atoms with E-state index in [9.17, 15) is 0 Å². The van der Waals surface area contributed by atoms with Crippen molar-refractivity contribution >= 4 is 8.32 Å². The molecule has 0 aliphatic heterocycles. The summed E-state index contributed by atoms with van der Waals surface area (Å²) in [5.74, 6) is 5.76. The Labute approximate surface area is 114 Å². The highest BCUT2D eigenvalue weighted by Gasteiger charge is 2.53. The molecule has 0 aromatic heterocycles. The van der Waals surface area contributed by atoms with Crippen molar-refractivity contribution in [3.05, 3.63) is 0 Å². The molecule has 2 fully saturated rings. The van der Waals surface area contributed by atoms with Gasteiger partial charge in [-0.2, -0.15) is 0 Å². The Morgan fingerprint density at radius 2 is 1.83 bits per heavy atom. The lowest BCUT2D eigenvalue weighted by Gasteiger charge is -2.38. The van der Waals surface area contributed by atoms with E-state index in [1.165, 1.54) is 19.3 Å². The normalized spacial score (nSPS) is 32.8. The van der Waals surface area contributed by atoms with Gasteiger partial charge in [-0.1, -0.05) is 33.1 Å². The molecule has 18 heavy (non-hydrogen) atoms. The minimum absolute atomic E-state index is 0.0569. The van der Waals surface area contributed by atoms with Gasteiger partial charge in [0.15, 0.2) is 8.32 Å². The third kappa shape index (κ3) is 2.68. The van der Waals surface area contributed by atoms with E-state index in [1.54, 1.807) is 0 Å². The average molecular weight is 264 g/mol. The Kier molecular flexibility index (Phi) is 3.69. The molecular formula is C16H28OSi. The second-order valence-electron chi connectivity index (χ2n) is 7.69. The van der Waals surface area contributed by atoms with Gasteiger partial charge in [0.2, 0.25) is 0 Å². The number of hydrogen-bond donors (Lipinski definition) is 0. The van der Waals surface area contributed by atoms with E-state index >= 15 is 0 Å². The summed E-state index contributed by atoms with van der Waals surface area (Å²) in [6.45, 7) is 11.4. The van der Waals surface area contributed by atoms with Crippen molar-refractivity contribution in [2.45, 2.75) is 70.7 Å². The third-order valence-electron chi connectivity index (χ3n) is 5.50. The van der Waals surface area contributed by atoms with Crippen LogP contribution in [0.1, 0.15) is 46.5 Å². The molecule has 0 amide bonds. The van der Waals surface area contributed by atoms with Gasteiger partial charge >= 0.3 is 0 Å². The monoisotopic (exact) mass is 264 g/mol. The van der Waals surface area contributed by atoms with Crippen LogP contribution in [0.2, 0.25) is 18.1 Å². The Morgan fingerprint density at radius 1 is 1.28 bits per heavy atom. The molecule has 2 aliphatic rings. The van der Waals surface area contributed by atoms with Crippen LogP contribution in [0.15, 0.2) is 0 Å². The summed E-state index contributed by atoms with van der Waals surface area (Å²) in [5, 5.41) is 0.252. The van der Waals surface area contributed by atoms with Crippen molar-refractivity contribution in [3.63, 3.8) is 0 Å². The maximum Gasteiger partial charge on any atom is 0.193 e. The molecule has 2 rings (SSSR count). The van der Waals surface area contributed by atoms with E-state index in [2.05, 4.69) is 39.8 Å². The van der Waals surface area contributed by atoms with Gasteiger partial charge in [0, 0.05) is 0 Å². The van der Waals surface area contributed by atoms with Gasteiger partial charge in [-0.3, -0.25) is 0 Å². The zero-order chi connectivity index (χ0) is 13.6. The molecule has 1 nitrogen and oxygen atoms in total. The highest BCUT2D eigenvalue weighted by atomic mass is 28.4. The summed E-state index contributed by atoms with van der Waals surface area (Å²) in [6.07, 6.45) is 11.2. The largest absolute Gasteiger partial charge is 0.403 e. The fraction of sp³-hybridized carbons (Fsp3) is 0.875. The predicted octanol–water partition coefficient (Wildman–Crippen LogP) is 4.45. The van der Waals surface area contributed by atoms with Crippen LogP contribution in [0.4, 0.5) is 0 Å². The second-order valence-corrected chi connectivity index (χ2v) is 12.4. The fourth-order valence-corrected chi connectivity index (χ4v) is 4.48. The van der Waals surface area contributed by atoms with Gasteiger partial charge in [0.05, 0.1) is 0 Å². The first-order valence-corrected chi connectivity index (χ1v) is 10.3. The maximum absolute atomic E-state index is 6.37. The number of fused-ring (bicyclic) bond motifs is 1. The molecule has 102 valence electrons. The van der Waals surface area contributed by atoms with Crippen LogP contribution >= 0.6 is 0 Å². The molecule has 0 bridgehead atoms. The van der Waals surface area contributed by atoms with Gasteiger partial charge in [-0.05, 0) is 55.1 Å². The van der Waals surface area contributed by atoms with Crippen LogP contribution in [0, 0.1) is 30.1 Å². The van der Waals surface area contributed by atoms with Crippen molar-refractivity contribution in [3.8, 4) is 12.3 Å². The predicted molar refractivity (Wildman–Crippen MR) is 79.8 cm³/mol. The van der Waals surface area contributed by atoms with Crippen molar-refractivity contribution in [1.82, 2.24) is 0 Å². The van der Waals surface area contributed by atoms with E-state index in [-0.39, 0.29) is 11.1 Å². The van der Waals surface area contributed by atoms with E-state index in [0.29, 0.717) is 0 Å². The lowest BCUT2D eigenvalue weighted by Crippen LogP contribution is -2.43. The van der Waals surface area contributed by atoms with E-state index in [4.69, 9.17) is 10.8 Å². The van der Waals surface area contributed by atoms with Gasteiger partial charge < -0.3 is 4.43 Å². The van der Waals surface area contributed by atoms with Crippen LogP contribution in [0.25, 0.3) is 0 Å². The zero-order valence-corrected chi connectivity index (χ0v) is 13.6. The molecule has 0 radical (unpaired) electrons. The molecule has 2 saturated carbocycles. The van der Waals surface area contributed by atoms with E-state index in [1.807, 2.05) is 0 Å². The van der Waals surface area contributed by atoms with Crippen LogP contribution in [-0.4, -0.2) is 14.4 Å². The number of hydrogen-bond acceptors (Lipinski definition) is 1. The summed E-state index contributed by atoms with van der Waals surface area (Å²) < 4.78 is 6.37. The van der Waals surface area contributed by atoms with E-state index < -0.39 is 8.32 Å². The minimum Gasteiger partial charge on any atom is -0.403 e. The summed E-state index contributed by atoms with van der Waals surface area (Å²) in [6, 6.07) is 0. The van der Waals surface area contributed by atoms with Crippen LogP contribution in [0.3, 0.4) is 0 Å². The third-order valence-corrected chi connectivity index (χ3v) is 9.99. The first kappa shape index (κ1) is 14.2. The van der Waals surface area contributed by atoms with Crippen molar-refractivity contribution in [1.29, 1.82) is 0 Å². The Bertz CT molecular complexity index is 337. The van der Waals surface area contributed by atoms with Crippen LogP contribution in [0.5, 0.6) is 0 Å². The highest BCUT2D eigenvalue weighted by Crippen LogP contribution is 2.59. The summed E-state index contributed by atoms with van der Waals surface area (Å²) in [7, 11) is -1.71. The Balaban J connectivity index is 1.89. The van der Waals surface area contributed by atoms with Crippen molar-refractivity contribution in [2.75, 3.05) is 0 Å². The van der Waals surface area contributed by atoms with E-state index in [0.717, 1.165) is 24.2 Å². The highest BCUT2D eigenvalue weighted by molar-refractivity contribution is 6.74. The first-order valence-electron chi connectivity index (χ1n) is 7.40.